The maximum Gasteiger partial charge on any atom is 0.234 e. The molecule has 0 spiro atoms. The second-order valence-corrected chi connectivity index (χ2v) is 4.36. The van der Waals surface area contributed by atoms with Crippen LogP contribution in [0.4, 0.5) is 0 Å². The van der Waals surface area contributed by atoms with Gasteiger partial charge in [-0.1, -0.05) is 6.42 Å². The van der Waals surface area contributed by atoms with Gasteiger partial charge in [-0.25, -0.2) is 0 Å². The number of nitrogens with two attached hydrogens (primary N) is 1. The number of rotatable bonds is 2. The summed E-state index contributed by atoms with van der Waals surface area (Å²) in [5.41, 5.74) is 5.32. The number of likely N-dealkylation sites (tertiary alicyclic amines) is 1. The van der Waals surface area contributed by atoms with E-state index in [2.05, 4.69) is 4.90 Å². The van der Waals surface area contributed by atoms with Gasteiger partial charge in [0.2, 0.25) is 5.91 Å². The van der Waals surface area contributed by atoms with Crippen LogP contribution in [0.2, 0.25) is 0 Å². The summed E-state index contributed by atoms with van der Waals surface area (Å²) in [5.74, 6) is 0.675. The Kier molecular flexibility index (Phi) is 2.28. The quantitative estimate of drug-likeness (QED) is 0.684. The smallest absolute Gasteiger partial charge is 0.234 e. The van der Waals surface area contributed by atoms with Gasteiger partial charge < -0.3 is 5.73 Å². The lowest BCUT2D eigenvalue weighted by molar-refractivity contribution is -0.123. The minimum Gasteiger partial charge on any atom is -0.368 e. The third-order valence-electron chi connectivity index (χ3n) is 3.71. The molecule has 2 N–H and O–H groups in total. The Bertz CT molecular complexity index is 217. The summed E-state index contributed by atoms with van der Waals surface area (Å²) in [6.45, 7) is 3.00. The van der Waals surface area contributed by atoms with Crippen LogP contribution in [0, 0.1) is 5.92 Å². The van der Waals surface area contributed by atoms with Crippen molar-refractivity contribution in [2.45, 2.75) is 44.7 Å². The molecule has 0 radical (unpaired) electrons. The molecule has 2 rings (SSSR count). The molecule has 1 aliphatic heterocycles. The van der Waals surface area contributed by atoms with Crippen LogP contribution in [0.25, 0.3) is 0 Å². The van der Waals surface area contributed by atoms with E-state index < -0.39 is 0 Å². The van der Waals surface area contributed by atoms with Crippen molar-refractivity contribution in [1.29, 1.82) is 0 Å². The molecule has 1 saturated heterocycles. The predicted molar refractivity (Wildman–Crippen MR) is 51.1 cm³/mol. The first-order valence-electron chi connectivity index (χ1n) is 5.25. The predicted octanol–water partition coefficient (Wildman–Crippen LogP) is 0.735. The van der Waals surface area contributed by atoms with Gasteiger partial charge in [-0.3, -0.25) is 9.69 Å². The van der Waals surface area contributed by atoms with Crippen LogP contribution < -0.4 is 5.73 Å². The lowest BCUT2D eigenvalue weighted by Gasteiger charge is -2.27. The molecule has 3 nitrogen and oxygen atoms in total. The van der Waals surface area contributed by atoms with Gasteiger partial charge in [0, 0.05) is 6.04 Å². The van der Waals surface area contributed by atoms with Crippen LogP contribution >= 0.6 is 0 Å². The fourth-order valence-corrected chi connectivity index (χ4v) is 2.92. The number of primary amides is 1. The average Bonchev–Trinajstić information content (AvgIpc) is 2.61. The van der Waals surface area contributed by atoms with Crippen molar-refractivity contribution < 1.29 is 4.79 Å². The molecule has 2 aliphatic rings. The molecule has 0 bridgehead atoms. The Hall–Kier alpha value is -0.570. The summed E-state index contributed by atoms with van der Waals surface area (Å²) >= 11 is 0. The van der Waals surface area contributed by atoms with Crippen molar-refractivity contribution in [3.05, 3.63) is 0 Å². The van der Waals surface area contributed by atoms with Gasteiger partial charge >= 0.3 is 0 Å². The Morgan fingerprint density at radius 3 is 2.92 bits per heavy atom. The van der Waals surface area contributed by atoms with E-state index in [1.807, 2.05) is 6.92 Å². The van der Waals surface area contributed by atoms with E-state index in [1.54, 1.807) is 0 Å². The Balaban J connectivity index is 2.04. The van der Waals surface area contributed by atoms with Crippen molar-refractivity contribution >= 4 is 5.91 Å². The summed E-state index contributed by atoms with van der Waals surface area (Å²) in [5, 5.41) is 0. The number of carbonyl (C=O) groups is 1. The molecule has 3 atom stereocenters. The highest BCUT2D eigenvalue weighted by Gasteiger charge is 2.40. The van der Waals surface area contributed by atoms with Crippen molar-refractivity contribution in [1.82, 2.24) is 4.90 Å². The second-order valence-electron chi connectivity index (χ2n) is 4.36. The molecule has 1 heterocycles. The van der Waals surface area contributed by atoms with E-state index in [4.69, 9.17) is 5.73 Å². The molecule has 0 aromatic carbocycles. The Labute approximate surface area is 79.3 Å². The molecule has 13 heavy (non-hydrogen) atoms. The fraction of sp³-hybridized carbons (Fsp3) is 0.900. The van der Waals surface area contributed by atoms with E-state index in [0.717, 1.165) is 12.5 Å². The van der Waals surface area contributed by atoms with Crippen molar-refractivity contribution in [3.8, 4) is 0 Å². The zero-order valence-electron chi connectivity index (χ0n) is 8.20. The van der Waals surface area contributed by atoms with Crippen LogP contribution in [0.15, 0.2) is 0 Å². The van der Waals surface area contributed by atoms with Crippen LogP contribution in [-0.2, 0) is 4.79 Å². The third-order valence-corrected chi connectivity index (χ3v) is 3.71. The summed E-state index contributed by atoms with van der Waals surface area (Å²) in [6.07, 6.45) is 5.22. The lowest BCUT2D eigenvalue weighted by atomic mass is 10.0. The molecular weight excluding hydrogens is 164 g/mol. The monoisotopic (exact) mass is 182 g/mol. The number of fused-ring (bicyclic) bond motifs is 1. The number of carbonyl (C=O) groups excluding carboxylic acids is 1. The minimum absolute atomic E-state index is 0.0619. The van der Waals surface area contributed by atoms with Crippen molar-refractivity contribution in [2.24, 2.45) is 11.7 Å². The zero-order chi connectivity index (χ0) is 9.42. The standard InChI is InChI=1S/C10H18N2O/c1-7(10(11)13)12-6-5-8-3-2-4-9(8)12/h7-9H,2-6H2,1H3,(H2,11,13). The third kappa shape index (κ3) is 1.46. The number of nitrogens with zero attached hydrogens (tertiary/aromatic N) is 1. The first-order chi connectivity index (χ1) is 6.20. The Morgan fingerprint density at radius 2 is 2.23 bits per heavy atom. The molecule has 74 valence electrons. The Morgan fingerprint density at radius 1 is 1.46 bits per heavy atom. The van der Waals surface area contributed by atoms with E-state index >= 15 is 0 Å². The van der Waals surface area contributed by atoms with E-state index in [9.17, 15) is 4.79 Å². The normalized spacial score (nSPS) is 36.1. The largest absolute Gasteiger partial charge is 0.368 e. The van der Waals surface area contributed by atoms with Crippen molar-refractivity contribution in [2.75, 3.05) is 6.54 Å². The highest BCUT2D eigenvalue weighted by molar-refractivity contribution is 5.79. The van der Waals surface area contributed by atoms with Gasteiger partial charge in [0.05, 0.1) is 6.04 Å². The van der Waals surface area contributed by atoms with Crippen molar-refractivity contribution in [3.63, 3.8) is 0 Å². The fourth-order valence-electron chi connectivity index (χ4n) is 2.92. The maximum atomic E-state index is 11.1. The van der Waals surface area contributed by atoms with E-state index in [1.165, 1.54) is 25.7 Å². The zero-order valence-corrected chi connectivity index (χ0v) is 8.20. The van der Waals surface area contributed by atoms with E-state index in [0.29, 0.717) is 6.04 Å². The summed E-state index contributed by atoms with van der Waals surface area (Å²) in [6, 6.07) is 0.593. The molecule has 0 aromatic heterocycles. The molecule has 2 fully saturated rings. The molecule has 3 unspecified atom stereocenters. The van der Waals surface area contributed by atoms with Crippen LogP contribution in [0.3, 0.4) is 0 Å². The van der Waals surface area contributed by atoms with Gasteiger partial charge in [-0.15, -0.1) is 0 Å². The summed E-state index contributed by atoms with van der Waals surface area (Å²) in [7, 11) is 0. The second kappa shape index (κ2) is 3.29. The van der Waals surface area contributed by atoms with Crippen LogP contribution in [0.1, 0.15) is 32.6 Å². The van der Waals surface area contributed by atoms with Gasteiger partial charge in [0.1, 0.15) is 0 Å². The number of hydrogen-bond acceptors (Lipinski definition) is 2. The first-order valence-corrected chi connectivity index (χ1v) is 5.25. The van der Waals surface area contributed by atoms with Gasteiger partial charge in [0.25, 0.3) is 0 Å². The molecule has 0 aromatic rings. The molecule has 1 amide bonds. The average molecular weight is 182 g/mol. The highest BCUT2D eigenvalue weighted by Crippen LogP contribution is 2.38. The summed E-state index contributed by atoms with van der Waals surface area (Å²) < 4.78 is 0. The molecule has 1 saturated carbocycles. The van der Waals surface area contributed by atoms with Crippen LogP contribution in [0.5, 0.6) is 0 Å². The lowest BCUT2D eigenvalue weighted by Crippen LogP contribution is -2.45. The number of hydrogen-bond donors (Lipinski definition) is 1. The maximum absolute atomic E-state index is 11.1. The molecule has 3 heteroatoms. The molecular formula is C10H18N2O. The van der Waals surface area contributed by atoms with E-state index in [-0.39, 0.29) is 11.9 Å². The summed E-state index contributed by atoms with van der Waals surface area (Å²) in [4.78, 5) is 13.4. The first kappa shape index (κ1) is 9.00. The van der Waals surface area contributed by atoms with Gasteiger partial charge in [0.15, 0.2) is 0 Å². The van der Waals surface area contributed by atoms with Crippen LogP contribution in [-0.4, -0.2) is 29.4 Å². The SMILES string of the molecule is CC(C(N)=O)N1CCC2CCCC21. The number of amides is 1. The van der Waals surface area contributed by atoms with Gasteiger partial charge in [-0.05, 0) is 38.6 Å². The molecule has 1 aliphatic carbocycles. The highest BCUT2D eigenvalue weighted by atomic mass is 16.1. The minimum atomic E-state index is -0.174. The topological polar surface area (TPSA) is 46.3 Å². The van der Waals surface area contributed by atoms with Gasteiger partial charge in [-0.2, -0.15) is 0 Å².